The molecule has 0 fully saturated rings. The van der Waals surface area contributed by atoms with Gasteiger partial charge in [0.1, 0.15) is 0 Å². The van der Waals surface area contributed by atoms with Crippen LogP contribution in [0.1, 0.15) is 32.7 Å². The van der Waals surface area contributed by atoms with Gasteiger partial charge in [-0.3, -0.25) is 19.5 Å². The van der Waals surface area contributed by atoms with Gasteiger partial charge < -0.3 is 10.6 Å². The van der Waals surface area contributed by atoms with E-state index in [0.29, 0.717) is 30.6 Å². The number of aromatic nitrogens is 1. The highest BCUT2D eigenvalue weighted by molar-refractivity contribution is 9.10. The molecule has 1 aliphatic heterocycles. The molecule has 2 heterocycles. The summed E-state index contributed by atoms with van der Waals surface area (Å²) in [6.07, 6.45) is 3.83. The molecule has 0 unspecified atom stereocenters. The third kappa shape index (κ3) is 4.08. The summed E-state index contributed by atoms with van der Waals surface area (Å²) in [6, 6.07) is 8.40. The van der Waals surface area contributed by atoms with Gasteiger partial charge in [0.05, 0.1) is 11.1 Å². The first kappa shape index (κ1) is 18.1. The van der Waals surface area contributed by atoms with Crippen molar-refractivity contribution in [3.05, 3.63) is 63.9 Å². The number of carbonyl (C=O) groups excluding carboxylic acids is 3. The number of benzene rings is 1. The summed E-state index contributed by atoms with van der Waals surface area (Å²) in [6.45, 7) is 0.996. The Morgan fingerprint density at radius 2 is 1.92 bits per heavy atom. The van der Waals surface area contributed by atoms with Gasteiger partial charge in [-0.2, -0.15) is 0 Å². The van der Waals surface area contributed by atoms with E-state index in [1.54, 1.807) is 36.7 Å². The molecule has 0 bridgehead atoms. The Kier molecular flexibility index (Phi) is 5.62. The molecule has 4 amide bonds. The molecular formula is C18H17BrN4O3. The lowest BCUT2D eigenvalue weighted by molar-refractivity contribution is 0.0653. The normalized spacial score (nSPS) is 12.9. The van der Waals surface area contributed by atoms with Crippen molar-refractivity contribution >= 4 is 33.8 Å². The Morgan fingerprint density at radius 3 is 2.69 bits per heavy atom. The molecule has 0 aliphatic carbocycles. The second-order valence-electron chi connectivity index (χ2n) is 5.78. The van der Waals surface area contributed by atoms with E-state index in [1.807, 2.05) is 6.07 Å². The number of nitrogens with one attached hydrogen (secondary N) is 2. The Bertz CT molecular complexity index is 842. The third-order valence-corrected chi connectivity index (χ3v) is 4.45. The molecule has 1 aromatic heterocycles. The fourth-order valence-electron chi connectivity index (χ4n) is 2.65. The zero-order valence-electron chi connectivity index (χ0n) is 13.9. The first-order valence-corrected chi connectivity index (χ1v) is 8.92. The Morgan fingerprint density at radius 1 is 1.12 bits per heavy atom. The molecule has 2 aromatic rings. The van der Waals surface area contributed by atoms with E-state index in [9.17, 15) is 14.4 Å². The molecule has 0 saturated heterocycles. The number of rotatable bonds is 6. The van der Waals surface area contributed by atoms with Crippen LogP contribution in [0, 0.1) is 0 Å². The topological polar surface area (TPSA) is 91.4 Å². The minimum absolute atomic E-state index is 0.257. The maximum atomic E-state index is 12.3. The molecule has 3 rings (SSSR count). The summed E-state index contributed by atoms with van der Waals surface area (Å²) in [4.78, 5) is 41.6. The lowest BCUT2D eigenvalue weighted by atomic mass is 10.1. The smallest absolute Gasteiger partial charge is 0.315 e. The van der Waals surface area contributed by atoms with Crippen LogP contribution in [0.2, 0.25) is 0 Å². The van der Waals surface area contributed by atoms with E-state index in [-0.39, 0.29) is 24.4 Å². The third-order valence-electron chi connectivity index (χ3n) is 3.95. The predicted molar refractivity (Wildman–Crippen MR) is 98.6 cm³/mol. The second kappa shape index (κ2) is 8.09. The predicted octanol–water partition coefficient (Wildman–Crippen LogP) is 2.33. The van der Waals surface area contributed by atoms with Gasteiger partial charge in [0.15, 0.2) is 0 Å². The number of fused-ring (bicyclic) bond motifs is 1. The highest BCUT2D eigenvalue weighted by atomic mass is 79.9. The summed E-state index contributed by atoms with van der Waals surface area (Å²) in [5.74, 6) is -0.592. The van der Waals surface area contributed by atoms with E-state index in [4.69, 9.17) is 0 Å². The minimum Gasteiger partial charge on any atom is -0.338 e. The van der Waals surface area contributed by atoms with Gasteiger partial charge in [-0.15, -0.1) is 0 Å². The number of hydrogen-bond acceptors (Lipinski definition) is 4. The molecule has 2 N–H and O–H groups in total. The quantitative estimate of drug-likeness (QED) is 0.558. The summed E-state index contributed by atoms with van der Waals surface area (Å²) in [5.41, 5.74) is 1.73. The second-order valence-corrected chi connectivity index (χ2v) is 6.69. The number of imide groups is 1. The van der Waals surface area contributed by atoms with Crippen molar-refractivity contribution in [1.82, 2.24) is 20.5 Å². The van der Waals surface area contributed by atoms with Crippen LogP contribution in [0.3, 0.4) is 0 Å². The van der Waals surface area contributed by atoms with Gasteiger partial charge in [0, 0.05) is 36.5 Å². The highest BCUT2D eigenvalue weighted by Crippen LogP contribution is 2.25. The number of pyridine rings is 1. The molecule has 26 heavy (non-hydrogen) atoms. The first-order chi connectivity index (χ1) is 12.6. The number of nitrogens with zero attached hydrogens (tertiary/aromatic N) is 2. The van der Waals surface area contributed by atoms with Crippen molar-refractivity contribution < 1.29 is 14.4 Å². The summed E-state index contributed by atoms with van der Waals surface area (Å²) in [5, 5.41) is 5.43. The molecule has 134 valence electrons. The van der Waals surface area contributed by atoms with Crippen LogP contribution in [-0.4, -0.2) is 40.8 Å². The van der Waals surface area contributed by atoms with Crippen LogP contribution in [0.15, 0.2) is 47.2 Å². The number of amides is 4. The molecular weight excluding hydrogens is 400 g/mol. The lowest BCUT2D eigenvalue weighted by Gasteiger charge is -2.14. The fraction of sp³-hybridized carbons (Fsp3) is 0.222. The summed E-state index contributed by atoms with van der Waals surface area (Å²) < 4.78 is 0.756. The van der Waals surface area contributed by atoms with Crippen molar-refractivity contribution in [1.29, 1.82) is 0 Å². The van der Waals surface area contributed by atoms with Crippen molar-refractivity contribution in [2.75, 3.05) is 13.1 Å². The van der Waals surface area contributed by atoms with Crippen LogP contribution in [0.4, 0.5) is 4.79 Å². The van der Waals surface area contributed by atoms with Crippen molar-refractivity contribution in [3.63, 3.8) is 0 Å². The van der Waals surface area contributed by atoms with E-state index in [1.165, 1.54) is 4.90 Å². The molecule has 8 heteroatoms. The Labute approximate surface area is 158 Å². The average molecular weight is 417 g/mol. The van der Waals surface area contributed by atoms with E-state index < -0.39 is 0 Å². The SMILES string of the molecule is O=C(NCCCN1C(=O)c2ccc(Br)cc2C1=O)NCc1cccnc1. The molecule has 0 spiro atoms. The van der Waals surface area contributed by atoms with Crippen LogP contribution in [-0.2, 0) is 6.54 Å². The van der Waals surface area contributed by atoms with Gasteiger partial charge in [-0.25, -0.2) is 4.79 Å². The van der Waals surface area contributed by atoms with Gasteiger partial charge in [-0.1, -0.05) is 22.0 Å². The van der Waals surface area contributed by atoms with Gasteiger partial charge in [0.2, 0.25) is 0 Å². The number of urea groups is 1. The summed E-state index contributed by atoms with van der Waals surface area (Å²) in [7, 11) is 0. The van der Waals surface area contributed by atoms with Crippen LogP contribution < -0.4 is 10.6 Å². The van der Waals surface area contributed by atoms with Crippen LogP contribution in [0.5, 0.6) is 0 Å². The standard InChI is InChI=1S/C18H17BrN4O3/c19-13-4-5-14-15(9-13)17(25)23(16(14)24)8-2-7-21-18(26)22-11-12-3-1-6-20-10-12/h1,3-6,9-10H,2,7-8,11H2,(H2,21,22,26). The van der Waals surface area contributed by atoms with E-state index in [2.05, 4.69) is 31.5 Å². The largest absolute Gasteiger partial charge is 0.338 e. The molecule has 0 saturated carbocycles. The van der Waals surface area contributed by atoms with Crippen LogP contribution >= 0.6 is 15.9 Å². The van der Waals surface area contributed by atoms with Gasteiger partial charge >= 0.3 is 6.03 Å². The zero-order valence-corrected chi connectivity index (χ0v) is 15.5. The molecule has 1 aromatic carbocycles. The van der Waals surface area contributed by atoms with Gasteiger partial charge in [0.25, 0.3) is 11.8 Å². The molecule has 7 nitrogen and oxygen atoms in total. The monoisotopic (exact) mass is 416 g/mol. The summed E-state index contributed by atoms with van der Waals surface area (Å²) >= 11 is 3.30. The van der Waals surface area contributed by atoms with E-state index >= 15 is 0 Å². The Balaban J connectivity index is 1.42. The zero-order chi connectivity index (χ0) is 18.5. The molecule has 0 atom stereocenters. The van der Waals surface area contributed by atoms with Crippen LogP contribution in [0.25, 0.3) is 0 Å². The van der Waals surface area contributed by atoms with Crippen molar-refractivity contribution in [2.24, 2.45) is 0 Å². The Hall–Kier alpha value is -2.74. The van der Waals surface area contributed by atoms with Crippen molar-refractivity contribution in [3.8, 4) is 0 Å². The fourth-order valence-corrected chi connectivity index (χ4v) is 3.01. The first-order valence-electron chi connectivity index (χ1n) is 8.12. The van der Waals surface area contributed by atoms with Gasteiger partial charge in [-0.05, 0) is 36.2 Å². The average Bonchev–Trinajstić information content (AvgIpc) is 2.88. The number of halogens is 1. The minimum atomic E-state index is -0.305. The number of carbonyl (C=O) groups is 3. The maximum absolute atomic E-state index is 12.3. The van der Waals surface area contributed by atoms with Crippen molar-refractivity contribution in [2.45, 2.75) is 13.0 Å². The highest BCUT2D eigenvalue weighted by Gasteiger charge is 2.34. The lowest BCUT2D eigenvalue weighted by Crippen LogP contribution is -2.37. The molecule has 0 radical (unpaired) electrons. The number of hydrogen-bond donors (Lipinski definition) is 2. The van der Waals surface area contributed by atoms with E-state index in [0.717, 1.165) is 10.0 Å². The molecule has 1 aliphatic rings. The maximum Gasteiger partial charge on any atom is 0.315 e.